The molecule has 0 unspecified atom stereocenters. The number of nitrogens with one attached hydrogen (secondary N) is 2. The van der Waals surface area contributed by atoms with Gasteiger partial charge in [-0.1, -0.05) is 0 Å². The monoisotopic (exact) mass is 283 g/mol. The average molecular weight is 284 g/mol. The first kappa shape index (κ1) is 10.9. The van der Waals surface area contributed by atoms with Gasteiger partial charge in [-0.15, -0.1) is 0 Å². The maximum atomic E-state index is 11.2. The van der Waals surface area contributed by atoms with Crippen LogP contribution in [0.1, 0.15) is 0 Å². The van der Waals surface area contributed by atoms with Crippen molar-refractivity contribution in [2.75, 3.05) is 11.9 Å². The molecule has 0 spiro atoms. The first-order valence-electron chi connectivity index (χ1n) is 4.72. The third-order valence-corrected chi connectivity index (χ3v) is 2.72. The van der Waals surface area contributed by atoms with E-state index in [0.29, 0.717) is 23.4 Å². The first-order chi connectivity index (χ1) is 7.77. The van der Waals surface area contributed by atoms with Gasteiger partial charge in [0.1, 0.15) is 10.3 Å². The number of aromatic nitrogens is 4. The molecule has 7 heteroatoms. The van der Waals surface area contributed by atoms with Gasteiger partial charge < -0.3 is 10.3 Å². The maximum absolute atomic E-state index is 11.2. The quantitative estimate of drug-likeness (QED) is 0.872. The fourth-order valence-corrected chi connectivity index (χ4v) is 1.58. The summed E-state index contributed by atoms with van der Waals surface area (Å²) in [5.74, 6) is 0.538. The molecule has 2 heterocycles. The van der Waals surface area contributed by atoms with Crippen LogP contribution in [0, 0.1) is 0 Å². The van der Waals surface area contributed by atoms with Crippen molar-refractivity contribution in [2.24, 2.45) is 0 Å². The van der Waals surface area contributed by atoms with Crippen LogP contribution in [0.25, 0.3) is 0 Å². The highest BCUT2D eigenvalue weighted by Crippen LogP contribution is 2.12. The average Bonchev–Trinajstić information content (AvgIpc) is 2.77. The molecule has 0 aliphatic heterocycles. The summed E-state index contributed by atoms with van der Waals surface area (Å²) in [6, 6.07) is 1.86. The van der Waals surface area contributed by atoms with E-state index in [9.17, 15) is 4.79 Å². The van der Waals surface area contributed by atoms with E-state index < -0.39 is 0 Å². The summed E-state index contributed by atoms with van der Waals surface area (Å²) in [6.07, 6.45) is 4.96. The van der Waals surface area contributed by atoms with Crippen molar-refractivity contribution < 1.29 is 0 Å². The minimum absolute atomic E-state index is 0.198. The molecule has 0 bridgehead atoms. The fraction of sp³-hybridized carbons (Fsp3) is 0.222. The Morgan fingerprint density at radius 1 is 1.56 bits per heavy atom. The van der Waals surface area contributed by atoms with Crippen molar-refractivity contribution in [3.8, 4) is 0 Å². The Bertz CT molecular complexity index is 507. The third kappa shape index (κ3) is 2.48. The van der Waals surface area contributed by atoms with E-state index >= 15 is 0 Å². The van der Waals surface area contributed by atoms with E-state index in [1.54, 1.807) is 10.9 Å². The zero-order valence-electron chi connectivity index (χ0n) is 8.35. The lowest BCUT2D eigenvalue weighted by molar-refractivity contribution is 0.637. The molecular weight excluding hydrogens is 274 g/mol. The Balaban J connectivity index is 1.95. The van der Waals surface area contributed by atoms with Crippen molar-refractivity contribution in [2.45, 2.75) is 6.54 Å². The van der Waals surface area contributed by atoms with E-state index in [1.807, 2.05) is 12.3 Å². The normalized spacial score (nSPS) is 10.3. The number of nitrogens with zero attached hydrogens (tertiary/aromatic N) is 3. The molecule has 2 rings (SSSR count). The second kappa shape index (κ2) is 4.93. The van der Waals surface area contributed by atoms with E-state index in [0.717, 1.165) is 0 Å². The molecule has 0 radical (unpaired) electrons. The van der Waals surface area contributed by atoms with Crippen LogP contribution in [-0.2, 0) is 6.54 Å². The van der Waals surface area contributed by atoms with Gasteiger partial charge in [0, 0.05) is 18.9 Å². The van der Waals surface area contributed by atoms with Crippen molar-refractivity contribution >= 4 is 21.7 Å². The lowest BCUT2D eigenvalue weighted by atomic mass is 10.5. The zero-order valence-corrected chi connectivity index (χ0v) is 9.94. The van der Waals surface area contributed by atoms with Crippen LogP contribution >= 0.6 is 15.9 Å². The first-order valence-corrected chi connectivity index (χ1v) is 5.51. The Hall–Kier alpha value is -1.63. The summed E-state index contributed by atoms with van der Waals surface area (Å²) < 4.78 is 2.21. The summed E-state index contributed by atoms with van der Waals surface area (Å²) in [7, 11) is 0. The standard InChI is InChI=1S/C9H10BrN5O/c10-7-8(12-6-13-9(7)16)11-3-5-15-4-1-2-14-15/h1-2,4,6H,3,5H2,(H2,11,12,13,16). The Labute approximate surface area is 99.8 Å². The number of anilines is 1. The fourth-order valence-electron chi connectivity index (χ4n) is 1.23. The van der Waals surface area contributed by atoms with Crippen molar-refractivity contribution in [3.05, 3.63) is 39.6 Å². The number of aromatic amines is 1. The molecule has 0 amide bonds. The van der Waals surface area contributed by atoms with E-state index in [2.05, 4.69) is 36.3 Å². The van der Waals surface area contributed by atoms with Crippen LogP contribution in [-0.4, -0.2) is 26.3 Å². The van der Waals surface area contributed by atoms with E-state index in [1.165, 1.54) is 6.33 Å². The van der Waals surface area contributed by atoms with Gasteiger partial charge >= 0.3 is 0 Å². The SMILES string of the molecule is O=c1[nH]cnc(NCCn2cccn2)c1Br. The highest BCUT2D eigenvalue weighted by Gasteiger charge is 2.03. The highest BCUT2D eigenvalue weighted by molar-refractivity contribution is 9.10. The minimum atomic E-state index is -0.198. The maximum Gasteiger partial charge on any atom is 0.267 e. The summed E-state index contributed by atoms with van der Waals surface area (Å²) in [4.78, 5) is 17.7. The van der Waals surface area contributed by atoms with Crippen molar-refractivity contribution in [1.82, 2.24) is 19.7 Å². The molecule has 0 saturated heterocycles. The smallest absolute Gasteiger partial charge is 0.267 e. The number of halogens is 1. The van der Waals surface area contributed by atoms with Gasteiger partial charge in [0.2, 0.25) is 0 Å². The zero-order chi connectivity index (χ0) is 11.4. The predicted octanol–water partition coefficient (Wildman–Crippen LogP) is 0.841. The molecule has 16 heavy (non-hydrogen) atoms. The van der Waals surface area contributed by atoms with Crippen LogP contribution in [0.2, 0.25) is 0 Å². The molecule has 2 aromatic rings. The second-order valence-corrected chi connectivity index (χ2v) is 3.88. The largest absolute Gasteiger partial charge is 0.367 e. The number of rotatable bonds is 4. The summed E-state index contributed by atoms with van der Waals surface area (Å²) in [6.45, 7) is 1.37. The van der Waals surface area contributed by atoms with Crippen molar-refractivity contribution in [3.63, 3.8) is 0 Å². The van der Waals surface area contributed by atoms with Crippen LogP contribution < -0.4 is 10.9 Å². The Kier molecular flexibility index (Phi) is 3.35. The van der Waals surface area contributed by atoms with Gasteiger partial charge in [-0.25, -0.2) is 4.98 Å². The molecule has 6 nitrogen and oxygen atoms in total. The van der Waals surface area contributed by atoms with Crippen LogP contribution in [0.3, 0.4) is 0 Å². The van der Waals surface area contributed by atoms with Crippen molar-refractivity contribution in [1.29, 1.82) is 0 Å². The summed E-state index contributed by atoms with van der Waals surface area (Å²) in [5.41, 5.74) is -0.198. The molecule has 0 fully saturated rings. The van der Waals surface area contributed by atoms with Gasteiger partial charge in [0.25, 0.3) is 5.56 Å². The van der Waals surface area contributed by atoms with Crippen LogP contribution in [0.15, 0.2) is 34.1 Å². The van der Waals surface area contributed by atoms with Gasteiger partial charge in [-0.2, -0.15) is 5.10 Å². The molecule has 2 N–H and O–H groups in total. The molecule has 0 aliphatic rings. The van der Waals surface area contributed by atoms with Gasteiger partial charge in [0.15, 0.2) is 0 Å². The number of hydrogen-bond donors (Lipinski definition) is 2. The summed E-state index contributed by atoms with van der Waals surface area (Å²) in [5, 5.41) is 7.12. The molecule has 84 valence electrons. The topological polar surface area (TPSA) is 75.6 Å². The highest BCUT2D eigenvalue weighted by atomic mass is 79.9. The minimum Gasteiger partial charge on any atom is -0.367 e. The lowest BCUT2D eigenvalue weighted by Gasteiger charge is -2.06. The molecule has 0 saturated carbocycles. The van der Waals surface area contributed by atoms with Crippen LogP contribution in [0.4, 0.5) is 5.82 Å². The van der Waals surface area contributed by atoms with E-state index in [4.69, 9.17) is 0 Å². The van der Waals surface area contributed by atoms with Crippen LogP contribution in [0.5, 0.6) is 0 Å². The van der Waals surface area contributed by atoms with Gasteiger partial charge in [-0.3, -0.25) is 9.48 Å². The number of hydrogen-bond acceptors (Lipinski definition) is 4. The predicted molar refractivity (Wildman–Crippen MR) is 63.3 cm³/mol. The molecule has 2 aromatic heterocycles. The Morgan fingerprint density at radius 2 is 2.44 bits per heavy atom. The molecule has 0 aliphatic carbocycles. The van der Waals surface area contributed by atoms with E-state index in [-0.39, 0.29) is 5.56 Å². The second-order valence-electron chi connectivity index (χ2n) is 3.09. The summed E-state index contributed by atoms with van der Waals surface area (Å²) >= 11 is 3.17. The molecular formula is C9H10BrN5O. The lowest BCUT2D eigenvalue weighted by Crippen LogP contribution is -2.15. The Morgan fingerprint density at radius 3 is 3.19 bits per heavy atom. The van der Waals surface area contributed by atoms with Gasteiger partial charge in [-0.05, 0) is 22.0 Å². The molecule has 0 atom stereocenters. The molecule has 0 aromatic carbocycles. The number of H-pyrrole nitrogens is 1. The third-order valence-electron chi connectivity index (χ3n) is 1.99. The van der Waals surface area contributed by atoms with Gasteiger partial charge in [0.05, 0.1) is 12.9 Å².